The Morgan fingerprint density at radius 3 is 2.46 bits per heavy atom. The molecule has 0 fully saturated rings. The van der Waals surface area contributed by atoms with Gasteiger partial charge in [0.15, 0.2) is 17.3 Å². The minimum absolute atomic E-state index is 0.0878. The van der Waals surface area contributed by atoms with E-state index in [1.807, 2.05) is 25.1 Å². The molecule has 214 valence electrons. The van der Waals surface area contributed by atoms with Gasteiger partial charge in [0.25, 0.3) is 5.91 Å². The molecule has 2 aromatic rings. The van der Waals surface area contributed by atoms with Gasteiger partial charge in [0.1, 0.15) is 0 Å². The van der Waals surface area contributed by atoms with E-state index in [1.54, 1.807) is 18.9 Å². The molecule has 1 aromatic heterocycles. The monoisotopic (exact) mass is 557 g/mol. The molecule has 0 saturated carbocycles. The Hall–Kier alpha value is -2.91. The van der Waals surface area contributed by atoms with Crippen LogP contribution < -0.4 is 9.47 Å². The fourth-order valence-corrected chi connectivity index (χ4v) is 5.89. The van der Waals surface area contributed by atoms with Crippen LogP contribution in [-0.2, 0) is 4.79 Å². The molecule has 39 heavy (non-hydrogen) atoms. The molecule has 0 bridgehead atoms. The number of rotatable bonds is 16. The van der Waals surface area contributed by atoms with E-state index in [0.717, 1.165) is 43.9 Å². The van der Waals surface area contributed by atoms with Gasteiger partial charge in [-0.25, -0.2) is 4.98 Å². The molecule has 1 aromatic carbocycles. The maximum atomic E-state index is 13.8. The van der Waals surface area contributed by atoms with E-state index in [9.17, 15) is 14.7 Å². The average Bonchev–Trinajstić information content (AvgIpc) is 3.40. The van der Waals surface area contributed by atoms with Gasteiger partial charge in [-0.05, 0) is 64.0 Å². The molecule has 8 nitrogen and oxygen atoms in total. The molecule has 0 saturated heterocycles. The lowest BCUT2D eigenvalue weighted by atomic mass is 9.94. The third kappa shape index (κ3) is 7.19. The van der Waals surface area contributed by atoms with Gasteiger partial charge in [0.2, 0.25) is 5.78 Å². The summed E-state index contributed by atoms with van der Waals surface area (Å²) in [6.45, 7) is 13.6. The van der Waals surface area contributed by atoms with Crippen molar-refractivity contribution in [1.29, 1.82) is 0 Å². The molecule has 1 atom stereocenters. The predicted molar refractivity (Wildman–Crippen MR) is 155 cm³/mol. The molecular weight excluding hydrogens is 514 g/mol. The number of aliphatic hydroxyl groups is 1. The fourth-order valence-electron chi connectivity index (χ4n) is 5.02. The maximum Gasteiger partial charge on any atom is 0.290 e. The van der Waals surface area contributed by atoms with E-state index in [-0.39, 0.29) is 11.4 Å². The molecule has 0 spiro atoms. The topological polar surface area (TPSA) is 92.2 Å². The van der Waals surface area contributed by atoms with Crippen LogP contribution in [0.3, 0.4) is 0 Å². The van der Waals surface area contributed by atoms with E-state index in [2.05, 4.69) is 30.7 Å². The Kier molecular flexibility index (Phi) is 11.4. The summed E-state index contributed by atoms with van der Waals surface area (Å²) in [4.78, 5) is 35.9. The number of amides is 1. The minimum atomic E-state index is -0.740. The first kappa shape index (κ1) is 30.6. The van der Waals surface area contributed by atoms with Crippen LogP contribution in [0.15, 0.2) is 29.5 Å². The van der Waals surface area contributed by atoms with Crippen LogP contribution in [0, 0.1) is 13.8 Å². The van der Waals surface area contributed by atoms with Crippen LogP contribution in [0.25, 0.3) is 0 Å². The summed E-state index contributed by atoms with van der Waals surface area (Å²) in [5.41, 5.74) is 1.37. The van der Waals surface area contributed by atoms with Crippen LogP contribution in [-0.4, -0.2) is 71.5 Å². The summed E-state index contributed by atoms with van der Waals surface area (Å²) in [6.07, 6.45) is 5.11. The number of benzene rings is 1. The van der Waals surface area contributed by atoms with Crippen molar-refractivity contribution in [1.82, 2.24) is 14.8 Å². The van der Waals surface area contributed by atoms with Gasteiger partial charge in [-0.2, -0.15) is 0 Å². The third-order valence-corrected chi connectivity index (χ3v) is 8.26. The highest BCUT2D eigenvalue weighted by molar-refractivity contribution is 7.14. The normalized spacial score (nSPS) is 15.5. The van der Waals surface area contributed by atoms with Crippen molar-refractivity contribution in [2.24, 2.45) is 0 Å². The SMILES string of the molecule is CCCCCCOc1ccc(C2C(C(=O)c3sc(C)nc3C)=C(O)C(=O)N2CCCN(CC)CC)cc1OC. The lowest BCUT2D eigenvalue weighted by Crippen LogP contribution is -2.34. The second kappa shape index (κ2) is 14.5. The van der Waals surface area contributed by atoms with Crippen molar-refractivity contribution in [2.45, 2.75) is 72.8 Å². The summed E-state index contributed by atoms with van der Waals surface area (Å²) in [6, 6.07) is 4.76. The summed E-state index contributed by atoms with van der Waals surface area (Å²) in [5.74, 6) is -0.243. The van der Waals surface area contributed by atoms with E-state index in [0.29, 0.717) is 47.2 Å². The first-order chi connectivity index (χ1) is 18.8. The molecule has 1 aliphatic heterocycles. The molecule has 1 aliphatic rings. The van der Waals surface area contributed by atoms with Crippen molar-refractivity contribution < 1.29 is 24.2 Å². The molecule has 0 radical (unpaired) electrons. The highest BCUT2D eigenvalue weighted by Gasteiger charge is 2.44. The zero-order valence-corrected chi connectivity index (χ0v) is 25.0. The van der Waals surface area contributed by atoms with Crippen LogP contribution >= 0.6 is 11.3 Å². The number of ketones is 1. The number of ether oxygens (including phenoxy) is 2. The first-order valence-electron chi connectivity index (χ1n) is 14.0. The average molecular weight is 558 g/mol. The molecule has 9 heteroatoms. The Morgan fingerprint density at radius 1 is 1.10 bits per heavy atom. The second-order valence-electron chi connectivity index (χ2n) is 9.84. The van der Waals surface area contributed by atoms with E-state index >= 15 is 0 Å². The number of aromatic nitrogens is 1. The number of carbonyl (C=O) groups excluding carboxylic acids is 2. The number of aryl methyl sites for hydroxylation is 2. The summed E-state index contributed by atoms with van der Waals surface area (Å²) in [7, 11) is 1.58. The Bertz CT molecular complexity index is 1170. The van der Waals surface area contributed by atoms with Crippen LogP contribution in [0.4, 0.5) is 0 Å². The predicted octanol–water partition coefficient (Wildman–Crippen LogP) is 6.04. The fraction of sp³-hybridized carbons (Fsp3) is 0.567. The van der Waals surface area contributed by atoms with E-state index in [1.165, 1.54) is 17.8 Å². The van der Waals surface area contributed by atoms with Gasteiger partial charge in [0.05, 0.1) is 40.9 Å². The largest absolute Gasteiger partial charge is 0.503 e. The van der Waals surface area contributed by atoms with E-state index < -0.39 is 17.7 Å². The van der Waals surface area contributed by atoms with Crippen LogP contribution in [0.5, 0.6) is 11.5 Å². The lowest BCUT2D eigenvalue weighted by molar-refractivity contribution is -0.129. The highest BCUT2D eigenvalue weighted by atomic mass is 32.1. The third-order valence-electron chi connectivity index (χ3n) is 7.18. The summed E-state index contributed by atoms with van der Waals surface area (Å²) >= 11 is 1.28. The number of unbranched alkanes of at least 4 members (excludes halogenated alkanes) is 3. The Balaban J connectivity index is 1.96. The minimum Gasteiger partial charge on any atom is -0.503 e. The molecule has 1 N–H and O–H groups in total. The standard InChI is InChI=1S/C30H43N3O5S/c1-7-10-11-12-18-38-23-15-14-22(19-24(23)37-6)26-25(27(34)29-20(4)31-21(5)39-29)28(35)30(36)33(26)17-13-16-32(8-2)9-3/h14-15,19,26,35H,7-13,16-18H2,1-6H3. The van der Waals surface area contributed by atoms with Gasteiger partial charge in [0, 0.05) is 6.54 Å². The number of hydrogen-bond donors (Lipinski definition) is 1. The summed E-state index contributed by atoms with van der Waals surface area (Å²) < 4.78 is 11.6. The molecular formula is C30H43N3O5S. The Morgan fingerprint density at radius 2 is 1.85 bits per heavy atom. The zero-order chi connectivity index (χ0) is 28.5. The van der Waals surface area contributed by atoms with Gasteiger partial charge in [-0.15, -0.1) is 11.3 Å². The van der Waals surface area contributed by atoms with Gasteiger partial charge in [-0.1, -0.05) is 46.1 Å². The van der Waals surface area contributed by atoms with E-state index in [4.69, 9.17) is 9.47 Å². The van der Waals surface area contributed by atoms with Crippen molar-refractivity contribution in [3.63, 3.8) is 0 Å². The molecule has 0 aliphatic carbocycles. The lowest BCUT2D eigenvalue weighted by Gasteiger charge is -2.28. The number of methoxy groups -OCH3 is 1. The number of thiazole rings is 1. The number of aliphatic hydroxyl groups excluding tert-OH is 1. The summed E-state index contributed by atoms with van der Waals surface area (Å²) in [5, 5.41) is 11.8. The van der Waals surface area contributed by atoms with Gasteiger partial charge < -0.3 is 24.4 Å². The number of carbonyl (C=O) groups is 2. The zero-order valence-electron chi connectivity index (χ0n) is 24.2. The molecule has 1 unspecified atom stereocenters. The first-order valence-corrected chi connectivity index (χ1v) is 14.8. The van der Waals surface area contributed by atoms with Crippen molar-refractivity contribution >= 4 is 23.0 Å². The molecule has 3 rings (SSSR count). The molecule has 1 amide bonds. The van der Waals surface area contributed by atoms with Crippen molar-refractivity contribution in [2.75, 3.05) is 39.9 Å². The van der Waals surface area contributed by atoms with Gasteiger partial charge >= 0.3 is 0 Å². The van der Waals surface area contributed by atoms with Crippen molar-refractivity contribution in [3.05, 3.63) is 50.7 Å². The molecule has 2 heterocycles. The maximum absolute atomic E-state index is 13.8. The second-order valence-corrected chi connectivity index (χ2v) is 11.0. The van der Waals surface area contributed by atoms with Crippen LogP contribution in [0.2, 0.25) is 0 Å². The quantitative estimate of drug-likeness (QED) is 0.199. The number of hydrogen-bond acceptors (Lipinski definition) is 8. The Labute approximate surface area is 236 Å². The number of Topliss-reactive ketones (excluding diaryl/α,β-unsaturated/α-hetero) is 1. The van der Waals surface area contributed by atoms with Gasteiger partial charge in [-0.3, -0.25) is 9.59 Å². The van der Waals surface area contributed by atoms with Crippen LogP contribution in [0.1, 0.15) is 84.9 Å². The number of nitrogens with zero attached hydrogens (tertiary/aromatic N) is 3. The van der Waals surface area contributed by atoms with Crippen molar-refractivity contribution in [3.8, 4) is 11.5 Å². The highest BCUT2D eigenvalue weighted by Crippen LogP contribution is 2.42. The smallest absolute Gasteiger partial charge is 0.290 e.